The van der Waals surface area contributed by atoms with Crippen molar-refractivity contribution in [2.45, 2.75) is 44.8 Å². The van der Waals surface area contributed by atoms with Crippen molar-refractivity contribution in [3.63, 3.8) is 0 Å². The Bertz CT molecular complexity index is 606. The molecule has 138 valence electrons. The zero-order valence-electron chi connectivity index (χ0n) is 14.9. The van der Waals surface area contributed by atoms with Gasteiger partial charge in [0.05, 0.1) is 12.0 Å². The molecule has 2 saturated heterocycles. The summed E-state index contributed by atoms with van der Waals surface area (Å²) in [5.74, 6) is 1.36. The number of aryl methyl sites for hydroxylation is 1. The van der Waals surface area contributed by atoms with Crippen LogP contribution in [0.5, 0.6) is 0 Å². The first-order valence-corrected chi connectivity index (χ1v) is 9.36. The Labute approximate surface area is 156 Å². The number of nitrogens with zero attached hydrogens (tertiary/aromatic N) is 1. The molecule has 5 atom stereocenters. The highest BCUT2D eigenvalue weighted by molar-refractivity contribution is 5.85. The number of halogens is 1. The second-order valence-electron chi connectivity index (χ2n) is 7.86. The van der Waals surface area contributed by atoms with Crippen LogP contribution in [0.1, 0.15) is 42.9 Å². The summed E-state index contributed by atoms with van der Waals surface area (Å²) in [6, 6.07) is 8.71. The van der Waals surface area contributed by atoms with E-state index in [1.54, 1.807) is 0 Å². The van der Waals surface area contributed by atoms with Gasteiger partial charge in [-0.2, -0.15) is 0 Å². The molecule has 5 unspecified atom stereocenters. The summed E-state index contributed by atoms with van der Waals surface area (Å²) in [7, 11) is 0. The maximum atomic E-state index is 13.2. The van der Waals surface area contributed by atoms with Gasteiger partial charge in [0.2, 0.25) is 5.91 Å². The summed E-state index contributed by atoms with van der Waals surface area (Å²) in [5.41, 5.74) is 8.60. The predicted molar refractivity (Wildman–Crippen MR) is 101 cm³/mol. The van der Waals surface area contributed by atoms with Crippen molar-refractivity contribution in [3.05, 3.63) is 35.4 Å². The number of rotatable bonds is 2. The van der Waals surface area contributed by atoms with E-state index in [1.165, 1.54) is 12.0 Å². The average Bonchev–Trinajstić information content (AvgIpc) is 3.17. The zero-order chi connectivity index (χ0) is 16.7. The van der Waals surface area contributed by atoms with Crippen LogP contribution >= 0.6 is 12.4 Å². The Balaban J connectivity index is 0.00000182. The maximum Gasteiger partial charge on any atom is 0.228 e. The van der Waals surface area contributed by atoms with Crippen molar-refractivity contribution >= 4 is 18.3 Å². The highest BCUT2D eigenvalue weighted by Gasteiger charge is 2.45. The Morgan fingerprint density at radius 3 is 2.64 bits per heavy atom. The summed E-state index contributed by atoms with van der Waals surface area (Å²) < 4.78 is 6.04. The molecule has 2 N–H and O–H groups in total. The molecule has 4 nitrogen and oxygen atoms in total. The summed E-state index contributed by atoms with van der Waals surface area (Å²) >= 11 is 0. The lowest BCUT2D eigenvalue weighted by Gasteiger charge is -2.34. The molecule has 4 rings (SSSR count). The smallest absolute Gasteiger partial charge is 0.228 e. The van der Waals surface area contributed by atoms with Gasteiger partial charge < -0.3 is 15.4 Å². The first-order valence-electron chi connectivity index (χ1n) is 9.36. The van der Waals surface area contributed by atoms with E-state index in [4.69, 9.17) is 10.5 Å². The fourth-order valence-corrected chi connectivity index (χ4v) is 4.84. The van der Waals surface area contributed by atoms with Gasteiger partial charge in [0.15, 0.2) is 0 Å². The van der Waals surface area contributed by atoms with E-state index < -0.39 is 0 Å². The molecule has 0 radical (unpaired) electrons. The molecule has 1 saturated carbocycles. The van der Waals surface area contributed by atoms with Gasteiger partial charge in [-0.25, -0.2) is 0 Å². The maximum absolute atomic E-state index is 13.2. The second-order valence-corrected chi connectivity index (χ2v) is 7.86. The van der Waals surface area contributed by atoms with Crippen molar-refractivity contribution < 1.29 is 9.53 Å². The van der Waals surface area contributed by atoms with Gasteiger partial charge in [-0.05, 0) is 50.0 Å². The van der Waals surface area contributed by atoms with Crippen LogP contribution in [0.4, 0.5) is 0 Å². The standard InChI is InChI=1S/C20H28N2O2.ClH/c1-13-4-6-14(7-5-13)19-16(3-2-10-24-19)20(23)22-11-15-8-9-18(21)17(15)12-22;/h4-7,15-19H,2-3,8-12,21H2,1H3;1H. The normalized spacial score (nSPS) is 34.5. The predicted octanol–water partition coefficient (Wildman–Crippen LogP) is 3.08. The van der Waals surface area contributed by atoms with Gasteiger partial charge in [-0.1, -0.05) is 29.8 Å². The van der Waals surface area contributed by atoms with Crippen LogP contribution in [0.2, 0.25) is 0 Å². The van der Waals surface area contributed by atoms with Crippen molar-refractivity contribution in [3.8, 4) is 0 Å². The van der Waals surface area contributed by atoms with Crippen LogP contribution in [0.15, 0.2) is 24.3 Å². The lowest BCUT2D eigenvalue weighted by atomic mass is 9.88. The topological polar surface area (TPSA) is 55.6 Å². The zero-order valence-corrected chi connectivity index (χ0v) is 15.7. The lowest BCUT2D eigenvalue weighted by Crippen LogP contribution is -2.41. The van der Waals surface area contributed by atoms with Gasteiger partial charge in [0.25, 0.3) is 0 Å². The van der Waals surface area contributed by atoms with E-state index in [0.717, 1.165) is 44.5 Å². The average molecular weight is 365 g/mol. The Kier molecular flexibility index (Phi) is 5.71. The molecule has 1 amide bonds. The third kappa shape index (κ3) is 3.57. The first-order chi connectivity index (χ1) is 11.6. The monoisotopic (exact) mass is 364 g/mol. The number of benzene rings is 1. The molecule has 25 heavy (non-hydrogen) atoms. The van der Waals surface area contributed by atoms with Crippen LogP contribution in [-0.4, -0.2) is 36.5 Å². The molecular formula is C20H29ClN2O2. The molecule has 0 spiro atoms. The SMILES string of the molecule is Cc1ccc(C2OCCCC2C(=O)N2CC3CCC(N)C3C2)cc1.Cl. The Hall–Kier alpha value is -1.10. The van der Waals surface area contributed by atoms with E-state index in [9.17, 15) is 4.79 Å². The molecule has 2 heterocycles. The highest BCUT2D eigenvalue weighted by atomic mass is 35.5. The Morgan fingerprint density at radius 1 is 1.16 bits per heavy atom. The number of nitrogens with two attached hydrogens (primary N) is 1. The van der Waals surface area contributed by atoms with Gasteiger partial charge in [-0.15, -0.1) is 12.4 Å². The number of ether oxygens (including phenoxy) is 1. The molecular weight excluding hydrogens is 336 g/mol. The van der Waals surface area contributed by atoms with Gasteiger partial charge in [0, 0.05) is 25.7 Å². The van der Waals surface area contributed by atoms with Crippen molar-refractivity contribution in [2.24, 2.45) is 23.5 Å². The van der Waals surface area contributed by atoms with Crippen LogP contribution < -0.4 is 5.73 Å². The molecule has 3 fully saturated rings. The summed E-state index contributed by atoms with van der Waals surface area (Å²) in [5, 5.41) is 0. The third-order valence-electron chi connectivity index (χ3n) is 6.27. The molecule has 1 aromatic carbocycles. The van der Waals surface area contributed by atoms with Crippen LogP contribution in [0, 0.1) is 24.7 Å². The van der Waals surface area contributed by atoms with E-state index in [2.05, 4.69) is 36.1 Å². The van der Waals surface area contributed by atoms with Gasteiger partial charge in [0.1, 0.15) is 0 Å². The fourth-order valence-electron chi connectivity index (χ4n) is 4.84. The minimum Gasteiger partial charge on any atom is -0.373 e. The molecule has 1 aliphatic carbocycles. The van der Waals surface area contributed by atoms with E-state index >= 15 is 0 Å². The molecule has 0 aromatic heterocycles. The van der Waals surface area contributed by atoms with Crippen molar-refractivity contribution in [2.75, 3.05) is 19.7 Å². The van der Waals surface area contributed by atoms with Crippen LogP contribution in [0.3, 0.4) is 0 Å². The molecule has 0 bridgehead atoms. The highest BCUT2D eigenvalue weighted by Crippen LogP contribution is 2.40. The number of likely N-dealkylation sites (tertiary alicyclic amines) is 1. The number of hydrogen-bond donors (Lipinski definition) is 1. The number of amides is 1. The quantitative estimate of drug-likeness (QED) is 0.877. The summed E-state index contributed by atoms with van der Waals surface area (Å²) in [6.07, 6.45) is 4.10. The fraction of sp³-hybridized carbons (Fsp3) is 0.650. The van der Waals surface area contributed by atoms with Crippen molar-refractivity contribution in [1.82, 2.24) is 4.90 Å². The van der Waals surface area contributed by atoms with Crippen LogP contribution in [0.25, 0.3) is 0 Å². The van der Waals surface area contributed by atoms with E-state index in [-0.39, 0.29) is 36.4 Å². The number of carbonyl (C=O) groups is 1. The van der Waals surface area contributed by atoms with Crippen molar-refractivity contribution in [1.29, 1.82) is 0 Å². The number of fused-ring (bicyclic) bond motifs is 1. The minimum atomic E-state index is -0.0963. The van der Waals surface area contributed by atoms with E-state index in [1.807, 2.05) is 0 Å². The molecule has 1 aromatic rings. The molecule has 2 aliphatic heterocycles. The third-order valence-corrected chi connectivity index (χ3v) is 6.27. The van der Waals surface area contributed by atoms with Gasteiger partial charge >= 0.3 is 0 Å². The second kappa shape index (κ2) is 7.65. The largest absolute Gasteiger partial charge is 0.373 e. The first kappa shape index (κ1) is 18.7. The van der Waals surface area contributed by atoms with E-state index in [0.29, 0.717) is 11.8 Å². The number of hydrogen-bond acceptors (Lipinski definition) is 3. The van der Waals surface area contributed by atoms with Gasteiger partial charge in [-0.3, -0.25) is 4.79 Å². The molecule has 5 heteroatoms. The number of carbonyl (C=O) groups excluding carboxylic acids is 1. The Morgan fingerprint density at radius 2 is 1.92 bits per heavy atom. The summed E-state index contributed by atoms with van der Waals surface area (Å²) in [6.45, 7) is 4.58. The van der Waals surface area contributed by atoms with Crippen LogP contribution in [-0.2, 0) is 9.53 Å². The summed E-state index contributed by atoms with van der Waals surface area (Å²) in [4.78, 5) is 15.3. The lowest BCUT2D eigenvalue weighted by molar-refractivity contribution is -0.144. The molecule has 3 aliphatic rings. The minimum absolute atomic E-state index is 0.